The lowest BCUT2D eigenvalue weighted by atomic mass is 10.3. The highest BCUT2D eigenvalue weighted by molar-refractivity contribution is 7.92. The second-order valence-electron chi connectivity index (χ2n) is 4.94. The van der Waals surface area contributed by atoms with E-state index in [2.05, 4.69) is 5.32 Å². The number of nitro groups is 1. The predicted molar refractivity (Wildman–Crippen MR) is 89.8 cm³/mol. The summed E-state index contributed by atoms with van der Waals surface area (Å²) in [6.07, 6.45) is 0. The number of hydrogen-bond acceptors (Lipinski definition) is 5. The maximum atomic E-state index is 12.5. The van der Waals surface area contributed by atoms with E-state index < -0.39 is 25.9 Å². The van der Waals surface area contributed by atoms with Gasteiger partial charge in [0, 0.05) is 22.8 Å². The minimum Gasteiger partial charge on any atom is -0.325 e. The summed E-state index contributed by atoms with van der Waals surface area (Å²) in [5.41, 5.74) is 0.142. The number of halogens is 1. The summed E-state index contributed by atoms with van der Waals surface area (Å²) in [6.45, 7) is 1.25. The molecule has 2 rings (SSSR count). The van der Waals surface area contributed by atoms with Crippen molar-refractivity contribution in [2.24, 2.45) is 0 Å². The van der Waals surface area contributed by atoms with Crippen molar-refractivity contribution in [2.45, 2.75) is 17.1 Å². The number of amides is 1. The zero-order chi connectivity index (χ0) is 17.9. The van der Waals surface area contributed by atoms with E-state index in [1.54, 1.807) is 18.2 Å². The molecule has 126 valence electrons. The van der Waals surface area contributed by atoms with Crippen molar-refractivity contribution < 1.29 is 18.1 Å². The Morgan fingerprint density at radius 3 is 2.38 bits per heavy atom. The SMILES string of the molecule is CC(C(=O)Nc1cccc(Cl)c1)S(=O)(=O)c1ccc([N+](=O)[O-])cc1. The standard InChI is InChI=1S/C15H13ClN2O5S/c1-10(15(19)17-12-4-2-3-11(16)9-12)24(22,23)14-7-5-13(6-8-14)18(20)21/h2-10H,1H3,(H,17,19). The van der Waals surface area contributed by atoms with Gasteiger partial charge in [-0.15, -0.1) is 0 Å². The molecule has 2 aromatic carbocycles. The van der Waals surface area contributed by atoms with Crippen molar-refractivity contribution in [1.82, 2.24) is 0 Å². The quantitative estimate of drug-likeness (QED) is 0.644. The molecule has 1 atom stereocenters. The van der Waals surface area contributed by atoms with E-state index >= 15 is 0 Å². The number of nitrogens with zero attached hydrogens (tertiary/aromatic N) is 1. The van der Waals surface area contributed by atoms with Crippen LogP contribution < -0.4 is 5.32 Å². The third-order valence-electron chi connectivity index (χ3n) is 3.30. The number of anilines is 1. The molecule has 0 spiro atoms. The number of benzene rings is 2. The third-order valence-corrected chi connectivity index (χ3v) is 5.61. The maximum absolute atomic E-state index is 12.5. The summed E-state index contributed by atoms with van der Waals surface area (Å²) in [6, 6.07) is 10.7. The molecule has 9 heteroatoms. The average molecular weight is 369 g/mol. The maximum Gasteiger partial charge on any atom is 0.269 e. The first kappa shape index (κ1) is 17.9. The highest BCUT2D eigenvalue weighted by Gasteiger charge is 2.30. The number of hydrogen-bond donors (Lipinski definition) is 1. The van der Waals surface area contributed by atoms with Gasteiger partial charge in [-0.05, 0) is 37.3 Å². The Kier molecular flexibility index (Phi) is 5.20. The van der Waals surface area contributed by atoms with E-state index in [0.717, 1.165) is 24.3 Å². The molecule has 0 aliphatic heterocycles. The lowest BCUT2D eigenvalue weighted by Crippen LogP contribution is -2.32. The van der Waals surface area contributed by atoms with Crippen LogP contribution in [-0.2, 0) is 14.6 Å². The van der Waals surface area contributed by atoms with Gasteiger partial charge in [-0.25, -0.2) is 8.42 Å². The minimum absolute atomic E-state index is 0.165. The summed E-state index contributed by atoms with van der Waals surface area (Å²) >= 11 is 5.81. The minimum atomic E-state index is -3.98. The molecule has 0 radical (unpaired) electrons. The van der Waals surface area contributed by atoms with E-state index in [-0.39, 0.29) is 10.6 Å². The fourth-order valence-corrected chi connectivity index (χ4v) is 3.37. The molecule has 0 saturated carbocycles. The van der Waals surface area contributed by atoms with E-state index in [4.69, 9.17) is 11.6 Å². The van der Waals surface area contributed by atoms with Crippen molar-refractivity contribution in [3.63, 3.8) is 0 Å². The molecular weight excluding hydrogens is 356 g/mol. The van der Waals surface area contributed by atoms with Crippen LogP contribution in [-0.4, -0.2) is 24.5 Å². The average Bonchev–Trinajstić information content (AvgIpc) is 2.54. The number of carbonyl (C=O) groups is 1. The van der Waals surface area contributed by atoms with Crippen LogP contribution >= 0.6 is 11.6 Å². The summed E-state index contributed by atoms with van der Waals surface area (Å²) < 4.78 is 24.9. The fourth-order valence-electron chi connectivity index (χ4n) is 1.91. The van der Waals surface area contributed by atoms with Gasteiger partial charge in [0.15, 0.2) is 9.84 Å². The molecule has 1 N–H and O–H groups in total. The summed E-state index contributed by atoms with van der Waals surface area (Å²) in [7, 11) is -3.98. The van der Waals surface area contributed by atoms with Crippen LogP contribution in [0.4, 0.5) is 11.4 Å². The lowest BCUT2D eigenvalue weighted by molar-refractivity contribution is -0.384. The second kappa shape index (κ2) is 6.98. The zero-order valence-electron chi connectivity index (χ0n) is 12.5. The number of non-ortho nitro benzene ring substituents is 1. The number of nitrogens with one attached hydrogen (secondary N) is 1. The van der Waals surface area contributed by atoms with Crippen LogP contribution in [0.25, 0.3) is 0 Å². The first-order valence-corrected chi connectivity index (χ1v) is 8.69. The van der Waals surface area contributed by atoms with Crippen LogP contribution in [0.3, 0.4) is 0 Å². The van der Waals surface area contributed by atoms with Crippen molar-refractivity contribution in [1.29, 1.82) is 0 Å². The Morgan fingerprint density at radius 2 is 1.83 bits per heavy atom. The Hall–Kier alpha value is -2.45. The normalized spacial score (nSPS) is 12.4. The van der Waals surface area contributed by atoms with Gasteiger partial charge in [0.2, 0.25) is 5.91 Å². The molecular formula is C15H13ClN2O5S. The summed E-state index contributed by atoms with van der Waals surface area (Å²) in [5.74, 6) is -0.726. The zero-order valence-corrected chi connectivity index (χ0v) is 14.0. The molecule has 0 saturated heterocycles. The van der Waals surface area contributed by atoms with Crippen LogP contribution in [0.2, 0.25) is 5.02 Å². The monoisotopic (exact) mass is 368 g/mol. The molecule has 0 aliphatic carbocycles. The van der Waals surface area contributed by atoms with Gasteiger partial charge in [0.25, 0.3) is 5.69 Å². The number of sulfone groups is 1. The highest BCUT2D eigenvalue weighted by atomic mass is 35.5. The van der Waals surface area contributed by atoms with Gasteiger partial charge >= 0.3 is 0 Å². The summed E-state index contributed by atoms with van der Waals surface area (Å²) in [4.78, 5) is 22.0. The van der Waals surface area contributed by atoms with Gasteiger partial charge in [0.05, 0.1) is 9.82 Å². The van der Waals surface area contributed by atoms with Gasteiger partial charge in [-0.3, -0.25) is 14.9 Å². The van der Waals surface area contributed by atoms with Crippen LogP contribution in [0.1, 0.15) is 6.92 Å². The number of carbonyl (C=O) groups excluding carboxylic acids is 1. The van der Waals surface area contributed by atoms with Crippen molar-refractivity contribution >= 4 is 38.7 Å². The topological polar surface area (TPSA) is 106 Å². The molecule has 2 aromatic rings. The van der Waals surface area contributed by atoms with E-state index in [1.807, 2.05) is 0 Å². The smallest absolute Gasteiger partial charge is 0.269 e. The Bertz CT molecular complexity index is 881. The number of nitro benzene ring substituents is 1. The van der Waals surface area contributed by atoms with Crippen LogP contribution in [0.5, 0.6) is 0 Å². The Balaban J connectivity index is 2.21. The summed E-state index contributed by atoms with van der Waals surface area (Å²) in [5, 5.41) is 12.1. The van der Waals surface area contributed by atoms with E-state index in [1.165, 1.54) is 13.0 Å². The van der Waals surface area contributed by atoms with Crippen LogP contribution in [0, 0.1) is 10.1 Å². The molecule has 1 amide bonds. The first-order valence-electron chi connectivity index (χ1n) is 6.76. The van der Waals surface area contributed by atoms with Gasteiger partial charge in [-0.1, -0.05) is 17.7 Å². The lowest BCUT2D eigenvalue weighted by Gasteiger charge is -2.13. The van der Waals surface area contributed by atoms with Crippen molar-refractivity contribution in [2.75, 3.05) is 5.32 Å². The molecule has 24 heavy (non-hydrogen) atoms. The van der Waals surface area contributed by atoms with Gasteiger partial charge in [0.1, 0.15) is 5.25 Å². The molecule has 1 unspecified atom stereocenters. The van der Waals surface area contributed by atoms with Crippen molar-refractivity contribution in [3.05, 3.63) is 63.7 Å². The third kappa shape index (κ3) is 3.90. The number of rotatable bonds is 5. The Morgan fingerprint density at radius 1 is 1.21 bits per heavy atom. The molecule has 0 aliphatic rings. The van der Waals surface area contributed by atoms with Crippen molar-refractivity contribution in [3.8, 4) is 0 Å². The molecule has 7 nitrogen and oxygen atoms in total. The van der Waals surface area contributed by atoms with Crippen LogP contribution in [0.15, 0.2) is 53.4 Å². The van der Waals surface area contributed by atoms with E-state index in [9.17, 15) is 23.3 Å². The molecule has 0 heterocycles. The van der Waals surface area contributed by atoms with Gasteiger partial charge < -0.3 is 5.32 Å². The predicted octanol–water partition coefficient (Wildman–Crippen LogP) is 3.05. The largest absolute Gasteiger partial charge is 0.325 e. The van der Waals surface area contributed by atoms with Gasteiger partial charge in [-0.2, -0.15) is 0 Å². The second-order valence-corrected chi connectivity index (χ2v) is 7.64. The highest BCUT2D eigenvalue weighted by Crippen LogP contribution is 2.21. The van der Waals surface area contributed by atoms with E-state index in [0.29, 0.717) is 10.7 Å². The Labute approximate surface area is 143 Å². The molecule has 0 bridgehead atoms. The molecule has 0 aromatic heterocycles. The fraction of sp³-hybridized carbons (Fsp3) is 0.133. The molecule has 0 fully saturated rings. The first-order chi connectivity index (χ1) is 11.2.